The smallest absolute Gasteiger partial charge is 0.200 e. The number of aldehydes is 1. The van der Waals surface area contributed by atoms with Crippen LogP contribution in [-0.2, 0) is 12.8 Å². The number of carbonyl (C=O) groups is 1. The third-order valence-electron chi connectivity index (χ3n) is 5.05. The molecule has 0 aliphatic heterocycles. The maximum Gasteiger partial charge on any atom is 0.200 e. The number of hydrogen-bond acceptors (Lipinski definition) is 3. The van der Waals surface area contributed by atoms with E-state index < -0.39 is 0 Å². The summed E-state index contributed by atoms with van der Waals surface area (Å²) >= 11 is 5.46. The summed E-state index contributed by atoms with van der Waals surface area (Å²) in [5.41, 5.74) is 6.21. The number of benzene rings is 2. The van der Waals surface area contributed by atoms with Crippen LogP contribution in [0.2, 0.25) is 0 Å². The summed E-state index contributed by atoms with van der Waals surface area (Å²) in [5.74, 6) is 0.751. The molecule has 4 nitrogen and oxygen atoms in total. The molecule has 0 spiro atoms. The normalized spacial score (nSPS) is 10.4. The van der Waals surface area contributed by atoms with E-state index in [1.54, 1.807) is 0 Å². The molecule has 0 radical (unpaired) electrons. The zero-order valence-corrected chi connectivity index (χ0v) is 18.9. The van der Waals surface area contributed by atoms with Crippen molar-refractivity contribution in [1.82, 2.24) is 14.8 Å². The van der Waals surface area contributed by atoms with Gasteiger partial charge in [-0.3, -0.25) is 14.5 Å². The van der Waals surface area contributed by atoms with Crippen molar-refractivity contribution in [3.05, 3.63) is 63.4 Å². The van der Waals surface area contributed by atoms with Crippen molar-refractivity contribution in [3.8, 4) is 17.1 Å². The molecule has 0 unspecified atom stereocenters. The van der Waals surface area contributed by atoms with Gasteiger partial charge in [0, 0.05) is 11.1 Å². The molecule has 0 aliphatic carbocycles. The van der Waals surface area contributed by atoms with Crippen molar-refractivity contribution in [2.45, 2.75) is 60.3 Å². The molecule has 0 aliphatic rings. The Morgan fingerprint density at radius 3 is 2.24 bits per heavy atom. The summed E-state index contributed by atoms with van der Waals surface area (Å²) in [7, 11) is 0. The van der Waals surface area contributed by atoms with Crippen LogP contribution < -0.4 is 0 Å². The second-order valence-electron chi connectivity index (χ2n) is 7.04. The van der Waals surface area contributed by atoms with Gasteiger partial charge < -0.3 is 0 Å². The van der Waals surface area contributed by atoms with E-state index in [0.29, 0.717) is 4.77 Å². The zero-order chi connectivity index (χ0) is 21.4. The van der Waals surface area contributed by atoms with Crippen LogP contribution in [0.3, 0.4) is 0 Å². The fraction of sp³-hybridized carbons (Fsp3) is 0.375. The minimum absolute atomic E-state index is 0.552. The third-order valence-corrected chi connectivity index (χ3v) is 5.32. The lowest BCUT2D eigenvalue weighted by molar-refractivity contribution is 0.112. The molecule has 0 atom stereocenters. The van der Waals surface area contributed by atoms with E-state index in [0.717, 1.165) is 47.3 Å². The molecular formula is C24H31N3OS. The van der Waals surface area contributed by atoms with E-state index in [1.807, 2.05) is 29.7 Å². The molecule has 0 saturated heterocycles. The molecule has 1 N–H and O–H groups in total. The number of nitrogens with zero attached hydrogens (tertiary/aromatic N) is 2. The van der Waals surface area contributed by atoms with E-state index in [4.69, 9.17) is 12.2 Å². The van der Waals surface area contributed by atoms with E-state index in [1.165, 1.54) is 24.0 Å². The predicted octanol–water partition coefficient (Wildman–Crippen LogP) is 6.65. The lowest BCUT2D eigenvalue weighted by atomic mass is 10.0. The predicted molar refractivity (Wildman–Crippen MR) is 124 cm³/mol. The molecular weight excluding hydrogens is 378 g/mol. The van der Waals surface area contributed by atoms with Gasteiger partial charge in [-0.25, -0.2) is 0 Å². The molecule has 0 fully saturated rings. The summed E-state index contributed by atoms with van der Waals surface area (Å²) in [6, 6.07) is 12.1. The van der Waals surface area contributed by atoms with Crippen LogP contribution in [0.4, 0.5) is 0 Å². The first kappa shape index (κ1) is 22.8. The highest BCUT2D eigenvalue weighted by atomic mass is 32.1. The van der Waals surface area contributed by atoms with Crippen molar-refractivity contribution in [1.29, 1.82) is 0 Å². The lowest BCUT2D eigenvalue weighted by Gasteiger charge is -2.11. The third kappa shape index (κ3) is 5.30. The number of aromatic amines is 1. The summed E-state index contributed by atoms with van der Waals surface area (Å²) in [5, 5.41) is 7.32. The topological polar surface area (TPSA) is 50.7 Å². The summed E-state index contributed by atoms with van der Waals surface area (Å²) in [6.07, 6.45) is 5.33. The van der Waals surface area contributed by atoms with Crippen LogP contribution in [0.1, 0.15) is 67.6 Å². The van der Waals surface area contributed by atoms with Crippen molar-refractivity contribution in [2.24, 2.45) is 0 Å². The fourth-order valence-electron chi connectivity index (χ4n) is 3.11. The van der Waals surface area contributed by atoms with Crippen molar-refractivity contribution in [2.75, 3.05) is 0 Å². The van der Waals surface area contributed by atoms with E-state index in [9.17, 15) is 4.79 Å². The van der Waals surface area contributed by atoms with Crippen molar-refractivity contribution >= 4 is 18.5 Å². The molecule has 2 aromatic carbocycles. The number of rotatable bonds is 6. The second kappa shape index (κ2) is 10.9. The van der Waals surface area contributed by atoms with Crippen LogP contribution >= 0.6 is 12.2 Å². The highest BCUT2D eigenvalue weighted by molar-refractivity contribution is 7.71. The molecule has 0 bridgehead atoms. The largest absolute Gasteiger partial charge is 0.298 e. The molecule has 1 aromatic heterocycles. The van der Waals surface area contributed by atoms with E-state index in [2.05, 4.69) is 56.1 Å². The number of aryl methyl sites for hydroxylation is 3. The van der Waals surface area contributed by atoms with E-state index in [-0.39, 0.29) is 0 Å². The number of unbranched alkanes of at least 4 members (excludes halogenated alkanes) is 1. The summed E-state index contributed by atoms with van der Waals surface area (Å²) in [4.78, 5) is 11.2. The van der Waals surface area contributed by atoms with Crippen LogP contribution in [0.5, 0.6) is 0 Å². The molecule has 3 rings (SSSR count). The van der Waals surface area contributed by atoms with Gasteiger partial charge in [0.15, 0.2) is 10.6 Å². The monoisotopic (exact) mass is 409 g/mol. The van der Waals surface area contributed by atoms with Gasteiger partial charge in [0.05, 0.1) is 5.69 Å². The van der Waals surface area contributed by atoms with E-state index >= 15 is 0 Å². The Morgan fingerprint density at radius 1 is 1.00 bits per heavy atom. The number of hydrogen-bond donors (Lipinski definition) is 1. The van der Waals surface area contributed by atoms with Gasteiger partial charge in [-0.05, 0) is 66.9 Å². The Kier molecular flexibility index (Phi) is 8.52. The SMILES string of the molecule is CCCC.CCc1ccc(-n2c(-c3ccc(C=O)c(CC)c3)n[nH]c2=S)cc1C. The van der Waals surface area contributed by atoms with Crippen LogP contribution in [0.25, 0.3) is 17.1 Å². The van der Waals surface area contributed by atoms with Gasteiger partial charge in [-0.1, -0.05) is 58.7 Å². The second-order valence-corrected chi connectivity index (χ2v) is 7.42. The standard InChI is InChI=1S/C20H21N3OS.C4H10/c1-4-14-8-9-18(10-13(14)3)23-19(21-22-20(23)25)16-6-7-17(12-24)15(5-2)11-16;1-3-4-2/h6-12H,4-5H2,1-3H3,(H,22,25);3-4H2,1-2H3. The lowest BCUT2D eigenvalue weighted by Crippen LogP contribution is -2.00. The molecule has 0 saturated carbocycles. The van der Waals surface area contributed by atoms with Crippen LogP contribution in [-0.4, -0.2) is 21.1 Å². The number of aromatic nitrogens is 3. The van der Waals surface area contributed by atoms with Crippen molar-refractivity contribution < 1.29 is 4.79 Å². The number of carbonyl (C=O) groups excluding carboxylic acids is 1. The maximum atomic E-state index is 11.2. The first-order valence-electron chi connectivity index (χ1n) is 10.4. The summed E-state index contributed by atoms with van der Waals surface area (Å²) < 4.78 is 2.49. The minimum Gasteiger partial charge on any atom is -0.298 e. The first-order valence-corrected chi connectivity index (χ1v) is 10.8. The minimum atomic E-state index is 0.552. The Morgan fingerprint density at radius 2 is 1.69 bits per heavy atom. The molecule has 3 aromatic rings. The Hall–Kier alpha value is -2.53. The molecule has 29 heavy (non-hydrogen) atoms. The van der Waals surface area contributed by atoms with Crippen LogP contribution in [0, 0.1) is 11.7 Å². The van der Waals surface area contributed by atoms with Gasteiger partial charge in [-0.15, -0.1) is 0 Å². The summed E-state index contributed by atoms with van der Waals surface area (Å²) in [6.45, 7) is 10.7. The quantitative estimate of drug-likeness (QED) is 0.366. The highest BCUT2D eigenvalue weighted by Gasteiger charge is 2.13. The Labute approximate surface area is 179 Å². The van der Waals surface area contributed by atoms with Crippen LogP contribution in [0.15, 0.2) is 36.4 Å². The number of H-pyrrole nitrogens is 1. The van der Waals surface area contributed by atoms with Gasteiger partial charge in [0.25, 0.3) is 0 Å². The Balaban J connectivity index is 0.000000687. The molecule has 1 heterocycles. The molecule has 5 heteroatoms. The molecule has 154 valence electrons. The van der Waals surface area contributed by atoms with Gasteiger partial charge in [0.1, 0.15) is 6.29 Å². The first-order chi connectivity index (χ1) is 14.0. The van der Waals surface area contributed by atoms with Gasteiger partial charge >= 0.3 is 0 Å². The molecule has 0 amide bonds. The maximum absolute atomic E-state index is 11.2. The Bertz CT molecular complexity index is 1020. The highest BCUT2D eigenvalue weighted by Crippen LogP contribution is 2.25. The average Bonchev–Trinajstić information content (AvgIpc) is 3.14. The van der Waals surface area contributed by atoms with Crippen molar-refractivity contribution in [3.63, 3.8) is 0 Å². The zero-order valence-electron chi connectivity index (χ0n) is 18.1. The van der Waals surface area contributed by atoms with Gasteiger partial charge in [0.2, 0.25) is 0 Å². The number of nitrogens with one attached hydrogen (secondary N) is 1. The fourth-order valence-corrected chi connectivity index (χ4v) is 3.35. The van der Waals surface area contributed by atoms with Gasteiger partial charge in [-0.2, -0.15) is 5.10 Å². The average molecular weight is 410 g/mol.